The highest BCUT2D eigenvalue weighted by Crippen LogP contribution is 2.34. The molecule has 1 aliphatic carbocycles. The number of rotatable bonds is 4. The number of aryl methyl sites for hydroxylation is 3. The van der Waals surface area contributed by atoms with Gasteiger partial charge in [0.15, 0.2) is 0 Å². The third kappa shape index (κ3) is 3.64. The Morgan fingerprint density at radius 1 is 1.12 bits per heavy atom. The van der Waals surface area contributed by atoms with Crippen LogP contribution in [0.3, 0.4) is 0 Å². The number of hydrogen-bond acceptors (Lipinski definition) is 3. The summed E-state index contributed by atoms with van der Waals surface area (Å²) in [5.41, 5.74) is 3.67. The summed E-state index contributed by atoms with van der Waals surface area (Å²) in [6.45, 7) is 3.61. The molecule has 0 unspecified atom stereocenters. The molecule has 6 nitrogen and oxygen atoms in total. The van der Waals surface area contributed by atoms with E-state index < -0.39 is 5.97 Å². The molecule has 3 rings (SSSR count). The Morgan fingerprint density at radius 3 is 2.46 bits per heavy atom. The largest absolute Gasteiger partial charge is 0.478 e. The zero-order valence-corrected chi connectivity index (χ0v) is 15.5. The van der Waals surface area contributed by atoms with Crippen LogP contribution in [0.2, 0.25) is 0 Å². The number of aromatic nitrogens is 2. The average Bonchev–Trinajstić information content (AvgIpc) is 2.99. The Labute approximate surface area is 153 Å². The molecular formula is C20H25N3O3. The number of carbonyl (C=O) groups excluding carboxylic acids is 1. The molecule has 26 heavy (non-hydrogen) atoms. The molecule has 1 aliphatic rings. The van der Waals surface area contributed by atoms with Gasteiger partial charge in [0.25, 0.3) is 5.91 Å². The molecule has 1 aromatic carbocycles. The van der Waals surface area contributed by atoms with Crippen molar-refractivity contribution in [2.75, 3.05) is 5.32 Å². The number of anilines is 1. The number of amides is 1. The molecule has 0 radical (unpaired) electrons. The lowest BCUT2D eigenvalue weighted by Crippen LogP contribution is -2.17. The van der Waals surface area contributed by atoms with Crippen LogP contribution in [0.5, 0.6) is 0 Å². The lowest BCUT2D eigenvalue weighted by molar-refractivity contribution is 0.0695. The standard InChI is InChI=1S/C20H25N3O3/c1-12-9-13(2)17(10-15(12)20(25)26)21-19(24)16-11-23(3)22-18(16)14-7-5-4-6-8-14/h9-11,14H,4-8H2,1-3H3,(H,21,24)(H,25,26). The second-order valence-electron chi connectivity index (χ2n) is 7.18. The Morgan fingerprint density at radius 2 is 1.81 bits per heavy atom. The smallest absolute Gasteiger partial charge is 0.336 e. The molecule has 2 aromatic rings. The van der Waals surface area contributed by atoms with Gasteiger partial charge in [0.05, 0.1) is 16.8 Å². The van der Waals surface area contributed by atoms with Crippen LogP contribution in [-0.4, -0.2) is 26.8 Å². The van der Waals surface area contributed by atoms with Gasteiger partial charge in [0.1, 0.15) is 0 Å². The molecular weight excluding hydrogens is 330 g/mol. The summed E-state index contributed by atoms with van der Waals surface area (Å²) >= 11 is 0. The van der Waals surface area contributed by atoms with Crippen molar-refractivity contribution in [3.05, 3.63) is 46.3 Å². The predicted octanol–water partition coefficient (Wildman–Crippen LogP) is 4.04. The zero-order valence-electron chi connectivity index (χ0n) is 15.5. The molecule has 0 saturated heterocycles. The predicted molar refractivity (Wildman–Crippen MR) is 99.9 cm³/mol. The van der Waals surface area contributed by atoms with Crippen LogP contribution in [0.15, 0.2) is 18.3 Å². The molecule has 0 bridgehead atoms. The highest BCUT2D eigenvalue weighted by atomic mass is 16.4. The Bertz CT molecular complexity index is 848. The molecule has 1 amide bonds. The van der Waals surface area contributed by atoms with E-state index in [2.05, 4.69) is 10.4 Å². The van der Waals surface area contributed by atoms with Crippen LogP contribution in [0, 0.1) is 13.8 Å². The van der Waals surface area contributed by atoms with E-state index in [1.807, 2.05) is 14.0 Å². The molecule has 1 fully saturated rings. The second-order valence-corrected chi connectivity index (χ2v) is 7.18. The van der Waals surface area contributed by atoms with Gasteiger partial charge in [-0.25, -0.2) is 4.79 Å². The van der Waals surface area contributed by atoms with Gasteiger partial charge < -0.3 is 10.4 Å². The van der Waals surface area contributed by atoms with Crippen LogP contribution in [0.25, 0.3) is 0 Å². The maximum absolute atomic E-state index is 12.9. The van der Waals surface area contributed by atoms with E-state index in [1.165, 1.54) is 25.3 Å². The molecule has 1 aromatic heterocycles. The average molecular weight is 355 g/mol. The lowest BCUT2D eigenvalue weighted by atomic mass is 9.85. The molecule has 0 atom stereocenters. The van der Waals surface area contributed by atoms with Gasteiger partial charge in [-0.2, -0.15) is 5.10 Å². The fourth-order valence-corrected chi connectivity index (χ4v) is 3.77. The summed E-state index contributed by atoms with van der Waals surface area (Å²) in [7, 11) is 1.82. The quantitative estimate of drug-likeness (QED) is 0.867. The van der Waals surface area contributed by atoms with E-state index in [-0.39, 0.29) is 11.5 Å². The SMILES string of the molecule is Cc1cc(C)c(C(=O)O)cc1NC(=O)c1cn(C)nc1C1CCCCC1. The van der Waals surface area contributed by atoms with Gasteiger partial charge in [-0.1, -0.05) is 25.3 Å². The molecule has 0 aliphatic heterocycles. The summed E-state index contributed by atoms with van der Waals surface area (Å²) in [5, 5.41) is 16.8. The number of nitrogens with one attached hydrogen (secondary N) is 1. The van der Waals surface area contributed by atoms with Crippen LogP contribution >= 0.6 is 0 Å². The Balaban J connectivity index is 1.89. The van der Waals surface area contributed by atoms with E-state index in [9.17, 15) is 14.7 Å². The van der Waals surface area contributed by atoms with Crippen molar-refractivity contribution in [1.29, 1.82) is 0 Å². The van der Waals surface area contributed by atoms with Crippen molar-refractivity contribution in [2.45, 2.75) is 51.9 Å². The molecule has 138 valence electrons. The third-order valence-electron chi connectivity index (χ3n) is 5.14. The van der Waals surface area contributed by atoms with Crippen LogP contribution in [0.1, 0.15) is 75.6 Å². The number of nitrogens with zero attached hydrogens (tertiary/aromatic N) is 2. The van der Waals surface area contributed by atoms with E-state index in [4.69, 9.17) is 0 Å². The molecule has 1 saturated carbocycles. The first-order valence-electron chi connectivity index (χ1n) is 9.06. The molecule has 0 spiro atoms. The minimum atomic E-state index is -0.998. The first kappa shape index (κ1) is 18.2. The van der Waals surface area contributed by atoms with Crippen LogP contribution in [0.4, 0.5) is 5.69 Å². The maximum atomic E-state index is 12.9. The summed E-state index contributed by atoms with van der Waals surface area (Å²) in [5.74, 6) is -0.913. The third-order valence-corrected chi connectivity index (χ3v) is 5.14. The molecule has 1 heterocycles. The number of carboxylic acids is 1. The minimum absolute atomic E-state index is 0.199. The van der Waals surface area contributed by atoms with E-state index in [1.54, 1.807) is 23.9 Å². The number of aromatic carboxylic acids is 1. The second kappa shape index (κ2) is 7.32. The fourth-order valence-electron chi connectivity index (χ4n) is 3.77. The van der Waals surface area contributed by atoms with Gasteiger partial charge >= 0.3 is 5.97 Å². The fraction of sp³-hybridized carbons (Fsp3) is 0.450. The number of benzene rings is 1. The first-order valence-corrected chi connectivity index (χ1v) is 9.06. The zero-order chi connectivity index (χ0) is 18.8. The maximum Gasteiger partial charge on any atom is 0.336 e. The Hall–Kier alpha value is -2.63. The lowest BCUT2D eigenvalue weighted by Gasteiger charge is -2.20. The normalized spacial score (nSPS) is 15.0. The van der Waals surface area contributed by atoms with Crippen molar-refractivity contribution in [3.63, 3.8) is 0 Å². The molecule has 6 heteroatoms. The number of carboxylic acid groups (broad SMARTS) is 1. The van der Waals surface area contributed by atoms with E-state index in [0.717, 1.165) is 24.1 Å². The topological polar surface area (TPSA) is 84.2 Å². The monoisotopic (exact) mass is 355 g/mol. The van der Waals surface area contributed by atoms with Gasteiger partial charge in [0.2, 0.25) is 0 Å². The van der Waals surface area contributed by atoms with Crippen molar-refractivity contribution >= 4 is 17.6 Å². The number of hydrogen-bond donors (Lipinski definition) is 2. The minimum Gasteiger partial charge on any atom is -0.478 e. The first-order chi connectivity index (χ1) is 12.4. The van der Waals surface area contributed by atoms with Crippen molar-refractivity contribution in [3.8, 4) is 0 Å². The summed E-state index contributed by atoms with van der Waals surface area (Å²) in [6, 6.07) is 3.31. The van der Waals surface area contributed by atoms with Crippen molar-refractivity contribution in [1.82, 2.24) is 9.78 Å². The van der Waals surface area contributed by atoms with Gasteiger partial charge in [-0.15, -0.1) is 0 Å². The van der Waals surface area contributed by atoms with Crippen LogP contribution < -0.4 is 5.32 Å². The van der Waals surface area contributed by atoms with Crippen molar-refractivity contribution in [2.24, 2.45) is 7.05 Å². The Kier molecular flexibility index (Phi) is 5.11. The summed E-state index contributed by atoms with van der Waals surface area (Å²) in [6.07, 6.45) is 7.45. The highest BCUT2D eigenvalue weighted by Gasteiger charge is 2.25. The van der Waals surface area contributed by atoms with Gasteiger partial charge in [-0.05, 0) is 43.9 Å². The summed E-state index contributed by atoms with van der Waals surface area (Å²) in [4.78, 5) is 24.3. The molecule has 2 N–H and O–H groups in total. The van der Waals surface area contributed by atoms with E-state index in [0.29, 0.717) is 22.7 Å². The number of carbonyl (C=O) groups is 2. The van der Waals surface area contributed by atoms with E-state index >= 15 is 0 Å². The highest BCUT2D eigenvalue weighted by molar-refractivity contribution is 6.06. The summed E-state index contributed by atoms with van der Waals surface area (Å²) < 4.78 is 1.68. The van der Waals surface area contributed by atoms with Crippen LogP contribution in [-0.2, 0) is 7.05 Å². The van der Waals surface area contributed by atoms with Crippen molar-refractivity contribution < 1.29 is 14.7 Å². The van der Waals surface area contributed by atoms with Gasteiger partial charge in [0, 0.05) is 24.8 Å². The van der Waals surface area contributed by atoms with Gasteiger partial charge in [-0.3, -0.25) is 9.48 Å².